The average molecular weight is 466 g/mol. The summed E-state index contributed by atoms with van der Waals surface area (Å²) in [6, 6.07) is 18.7. The highest BCUT2D eigenvalue weighted by molar-refractivity contribution is 6.25. The van der Waals surface area contributed by atoms with E-state index in [0.717, 1.165) is 36.5 Å². The lowest BCUT2D eigenvalue weighted by Crippen LogP contribution is -2.55. The molecule has 3 aromatic carbocycles. The molecule has 0 saturated heterocycles. The molecule has 6 rings (SSSR count). The van der Waals surface area contributed by atoms with Gasteiger partial charge in [0.25, 0.3) is 11.8 Å². The third-order valence-corrected chi connectivity index (χ3v) is 9.54. The number of benzene rings is 3. The van der Waals surface area contributed by atoms with Crippen LogP contribution in [0.15, 0.2) is 54.6 Å². The summed E-state index contributed by atoms with van der Waals surface area (Å²) in [4.78, 5) is 28.9. The molecule has 3 nitrogen and oxygen atoms in total. The van der Waals surface area contributed by atoms with Gasteiger partial charge in [-0.1, -0.05) is 76.6 Å². The molecular weight excluding hydrogens is 430 g/mol. The Morgan fingerprint density at radius 1 is 0.943 bits per heavy atom. The molecule has 1 saturated carbocycles. The van der Waals surface area contributed by atoms with Gasteiger partial charge >= 0.3 is 0 Å². The van der Waals surface area contributed by atoms with Gasteiger partial charge in [0, 0.05) is 23.1 Å². The summed E-state index contributed by atoms with van der Waals surface area (Å²) in [5.74, 6) is 0.705. The van der Waals surface area contributed by atoms with Crippen LogP contribution in [0.4, 0.5) is 0 Å². The summed E-state index contributed by atoms with van der Waals surface area (Å²) in [5, 5.41) is 1.77. The Morgan fingerprint density at radius 3 is 2.29 bits per heavy atom. The summed E-state index contributed by atoms with van der Waals surface area (Å²) in [6.07, 6.45) is 5.54. The minimum Gasteiger partial charge on any atom is -0.274 e. The largest absolute Gasteiger partial charge is 0.274 e. The fraction of sp³-hybridized carbons (Fsp3) is 0.438. The maximum Gasteiger partial charge on any atom is 0.261 e. The summed E-state index contributed by atoms with van der Waals surface area (Å²) in [5.41, 5.74) is 5.72. The highest BCUT2D eigenvalue weighted by atomic mass is 16.2. The van der Waals surface area contributed by atoms with Crippen LogP contribution in [0, 0.1) is 11.3 Å². The molecule has 0 aromatic heterocycles. The van der Waals surface area contributed by atoms with Crippen molar-refractivity contribution in [3.05, 3.63) is 82.4 Å². The molecule has 3 heteroatoms. The van der Waals surface area contributed by atoms with Gasteiger partial charge in [-0.25, -0.2) is 0 Å². The van der Waals surface area contributed by atoms with Crippen molar-refractivity contribution in [1.29, 1.82) is 0 Å². The number of carbonyl (C=O) groups excluding carboxylic acids is 2. The van der Waals surface area contributed by atoms with Crippen molar-refractivity contribution in [2.75, 3.05) is 6.54 Å². The highest BCUT2D eigenvalue weighted by Crippen LogP contribution is 2.57. The summed E-state index contributed by atoms with van der Waals surface area (Å²) in [7, 11) is 0. The molecule has 0 spiro atoms. The Kier molecular flexibility index (Phi) is 5.01. The molecule has 35 heavy (non-hydrogen) atoms. The van der Waals surface area contributed by atoms with Gasteiger partial charge in [0.2, 0.25) is 0 Å². The Bertz CT molecular complexity index is 1320. The normalized spacial score (nSPS) is 27.8. The minimum atomic E-state index is -0.134. The number of rotatable bonds is 3. The minimum absolute atomic E-state index is 0.0793. The van der Waals surface area contributed by atoms with E-state index >= 15 is 0 Å². The zero-order valence-electron chi connectivity index (χ0n) is 21.4. The smallest absolute Gasteiger partial charge is 0.261 e. The predicted octanol–water partition coefficient (Wildman–Crippen LogP) is 7.27. The maximum atomic E-state index is 13.7. The Balaban J connectivity index is 1.37. The van der Waals surface area contributed by atoms with E-state index in [0.29, 0.717) is 29.5 Å². The zero-order chi connectivity index (χ0) is 24.5. The Morgan fingerprint density at radius 2 is 1.63 bits per heavy atom. The molecule has 3 aromatic rings. The van der Waals surface area contributed by atoms with Crippen LogP contribution < -0.4 is 0 Å². The second-order valence-electron chi connectivity index (χ2n) is 12.0. The molecule has 2 aliphatic carbocycles. The third kappa shape index (κ3) is 3.23. The first-order valence-corrected chi connectivity index (χ1v) is 13.2. The third-order valence-electron chi connectivity index (χ3n) is 9.54. The number of imide groups is 1. The number of hydrogen-bond acceptors (Lipinski definition) is 2. The molecule has 3 aliphatic rings. The van der Waals surface area contributed by atoms with Gasteiger partial charge in [0.15, 0.2) is 0 Å². The topological polar surface area (TPSA) is 37.4 Å². The Hall–Kier alpha value is -2.94. The van der Waals surface area contributed by atoms with Crippen molar-refractivity contribution in [3.63, 3.8) is 0 Å². The van der Waals surface area contributed by atoms with E-state index in [1.54, 1.807) is 4.90 Å². The van der Waals surface area contributed by atoms with E-state index in [9.17, 15) is 9.59 Å². The fourth-order valence-electron chi connectivity index (χ4n) is 7.78. The van der Waals surface area contributed by atoms with Gasteiger partial charge in [-0.3, -0.25) is 14.5 Å². The number of aryl methyl sites for hydroxylation is 1. The molecule has 3 atom stereocenters. The summed E-state index contributed by atoms with van der Waals surface area (Å²) in [6.45, 7) is 9.80. The number of amides is 2. The van der Waals surface area contributed by atoms with E-state index in [1.165, 1.54) is 23.1 Å². The molecule has 0 N–H and O–H groups in total. The SMILES string of the molecule is CC(C)c1ccc2c(c1)CCC1[C@](C)(CN3C(=O)c4cccc5cccc(c45)C3=O)CCC[C@]21C. The predicted molar refractivity (Wildman–Crippen MR) is 141 cm³/mol. The standard InChI is InChI=1S/C32H35NO2/c1-20(2)22-12-14-26-23(18-22)13-15-27-31(3,16-7-17-32(26,27)4)19-33-29(34)24-10-5-8-21-9-6-11-25(28(21)24)30(33)35/h5-6,8-12,14,18,20,27H,7,13,15-17,19H2,1-4H3/t27?,31-,32+/m0/s1. The number of nitrogens with zero attached hydrogens (tertiary/aromatic N) is 1. The Labute approximate surface area is 208 Å². The lowest BCUT2D eigenvalue weighted by atomic mass is 9.49. The summed E-state index contributed by atoms with van der Waals surface area (Å²) >= 11 is 0. The van der Waals surface area contributed by atoms with E-state index < -0.39 is 0 Å². The number of hydrogen-bond donors (Lipinski definition) is 0. The van der Waals surface area contributed by atoms with Crippen molar-refractivity contribution in [3.8, 4) is 0 Å². The first-order valence-electron chi connectivity index (χ1n) is 13.2. The van der Waals surface area contributed by atoms with Crippen molar-refractivity contribution < 1.29 is 9.59 Å². The molecule has 1 heterocycles. The molecule has 2 amide bonds. The molecule has 0 bridgehead atoms. The van der Waals surface area contributed by atoms with E-state index in [4.69, 9.17) is 0 Å². The van der Waals surface area contributed by atoms with Crippen molar-refractivity contribution in [2.45, 2.75) is 71.1 Å². The van der Waals surface area contributed by atoms with Crippen LogP contribution in [0.2, 0.25) is 0 Å². The molecule has 1 unspecified atom stereocenters. The van der Waals surface area contributed by atoms with Gasteiger partial charge in [-0.05, 0) is 82.6 Å². The molecule has 180 valence electrons. The van der Waals surface area contributed by atoms with Crippen LogP contribution in [-0.2, 0) is 11.8 Å². The lowest BCUT2D eigenvalue weighted by molar-refractivity contribution is 0.000255. The average Bonchev–Trinajstić information content (AvgIpc) is 2.84. The molecular formula is C32H35NO2. The van der Waals surface area contributed by atoms with Crippen LogP contribution in [0.25, 0.3) is 10.8 Å². The van der Waals surface area contributed by atoms with Crippen molar-refractivity contribution in [1.82, 2.24) is 4.90 Å². The van der Waals surface area contributed by atoms with E-state index in [1.807, 2.05) is 36.4 Å². The van der Waals surface area contributed by atoms with Crippen LogP contribution in [0.5, 0.6) is 0 Å². The van der Waals surface area contributed by atoms with E-state index in [2.05, 4.69) is 45.9 Å². The van der Waals surface area contributed by atoms with E-state index in [-0.39, 0.29) is 22.6 Å². The van der Waals surface area contributed by atoms with Gasteiger partial charge in [0.05, 0.1) is 0 Å². The van der Waals surface area contributed by atoms with Crippen molar-refractivity contribution >= 4 is 22.6 Å². The van der Waals surface area contributed by atoms with Crippen molar-refractivity contribution in [2.24, 2.45) is 11.3 Å². The quantitative estimate of drug-likeness (QED) is 0.381. The monoisotopic (exact) mass is 465 g/mol. The molecule has 1 fully saturated rings. The molecule has 0 radical (unpaired) electrons. The van der Waals surface area contributed by atoms with Crippen LogP contribution in [-0.4, -0.2) is 23.3 Å². The molecule has 1 aliphatic heterocycles. The van der Waals surface area contributed by atoms with Gasteiger partial charge in [0.1, 0.15) is 0 Å². The maximum absolute atomic E-state index is 13.7. The van der Waals surface area contributed by atoms with Gasteiger partial charge < -0.3 is 0 Å². The second-order valence-corrected chi connectivity index (χ2v) is 12.0. The van der Waals surface area contributed by atoms with Gasteiger partial charge in [-0.15, -0.1) is 0 Å². The first kappa shape index (κ1) is 22.5. The van der Waals surface area contributed by atoms with Gasteiger partial charge in [-0.2, -0.15) is 0 Å². The summed E-state index contributed by atoms with van der Waals surface area (Å²) < 4.78 is 0. The first-order chi connectivity index (χ1) is 16.7. The van der Waals surface area contributed by atoms with Crippen LogP contribution in [0.3, 0.4) is 0 Å². The number of fused-ring (bicyclic) bond motifs is 3. The second kappa shape index (κ2) is 7.78. The lowest BCUT2D eigenvalue weighted by Gasteiger charge is -2.56. The zero-order valence-corrected chi connectivity index (χ0v) is 21.4. The van der Waals surface area contributed by atoms with Crippen LogP contribution in [0.1, 0.15) is 96.7 Å². The van der Waals surface area contributed by atoms with Crippen LogP contribution >= 0.6 is 0 Å². The highest BCUT2D eigenvalue weighted by Gasteiger charge is 2.53. The number of carbonyl (C=O) groups is 2. The fourth-order valence-corrected chi connectivity index (χ4v) is 7.78.